The minimum Gasteiger partial charge on any atom is -0.347 e. The van der Waals surface area contributed by atoms with Gasteiger partial charge in [-0.05, 0) is 86.2 Å². The number of hydrogen-bond acceptors (Lipinski definition) is 2. The molecule has 4 aliphatic carbocycles. The van der Waals surface area contributed by atoms with Crippen LogP contribution in [0.5, 0.6) is 0 Å². The predicted molar refractivity (Wildman–Crippen MR) is 150 cm³/mol. The van der Waals surface area contributed by atoms with Crippen molar-refractivity contribution < 1.29 is 4.79 Å². The highest BCUT2D eigenvalue weighted by molar-refractivity contribution is 6.31. The van der Waals surface area contributed by atoms with E-state index in [1.807, 2.05) is 12.1 Å². The van der Waals surface area contributed by atoms with Gasteiger partial charge in [-0.1, -0.05) is 76.3 Å². The summed E-state index contributed by atoms with van der Waals surface area (Å²) in [5.74, 6) is 1.13. The van der Waals surface area contributed by atoms with Gasteiger partial charge in [0.15, 0.2) is 5.69 Å². The van der Waals surface area contributed by atoms with E-state index < -0.39 is 0 Å². The summed E-state index contributed by atoms with van der Waals surface area (Å²) in [5.41, 5.74) is 4.84. The zero-order chi connectivity index (χ0) is 25.8. The molecule has 6 rings (SSSR count). The van der Waals surface area contributed by atoms with Gasteiger partial charge in [0.05, 0.1) is 6.04 Å². The van der Waals surface area contributed by atoms with Crippen LogP contribution in [-0.2, 0) is 12.8 Å². The van der Waals surface area contributed by atoms with E-state index in [1.54, 1.807) is 0 Å². The van der Waals surface area contributed by atoms with Gasteiger partial charge < -0.3 is 5.32 Å². The van der Waals surface area contributed by atoms with Crippen LogP contribution >= 0.6 is 11.6 Å². The van der Waals surface area contributed by atoms with E-state index in [0.717, 1.165) is 30.7 Å². The van der Waals surface area contributed by atoms with Gasteiger partial charge in [0, 0.05) is 28.2 Å². The highest BCUT2D eigenvalue weighted by Gasteiger charge is 2.59. The van der Waals surface area contributed by atoms with Gasteiger partial charge in [-0.25, -0.2) is 0 Å². The highest BCUT2D eigenvalue weighted by Crippen LogP contribution is 2.62. The second-order valence-corrected chi connectivity index (χ2v) is 13.9. The molecule has 3 unspecified atom stereocenters. The van der Waals surface area contributed by atoms with Gasteiger partial charge in [-0.2, -0.15) is 5.10 Å². The maximum absolute atomic E-state index is 14.1. The Morgan fingerprint density at radius 3 is 2.54 bits per heavy atom. The molecule has 2 bridgehead atoms. The van der Waals surface area contributed by atoms with Gasteiger partial charge in [-0.3, -0.25) is 9.48 Å². The molecule has 4 aliphatic rings. The summed E-state index contributed by atoms with van der Waals surface area (Å²) in [4.78, 5) is 14.1. The summed E-state index contributed by atoms with van der Waals surface area (Å²) in [6.45, 7) is 7.13. The van der Waals surface area contributed by atoms with Crippen molar-refractivity contribution >= 4 is 17.5 Å². The predicted octanol–water partition coefficient (Wildman–Crippen LogP) is 8.04. The van der Waals surface area contributed by atoms with E-state index >= 15 is 0 Å². The standard InChI is InChI=1S/C32H44ClN3O/c1-31(2)23-17-18-32(3,20-23)30(31)34-29(37)27-25-15-9-7-12-22(19-21-11-8-10-16-26(21)33)28(25)36(35-27)24-13-5-4-6-14-24/h8,10-11,16,22-24,30H,4-7,9,12-15,17-20H2,1-3H3,(H,34,37)/t22?,23?,30-,32?/m1/s1. The first-order valence-corrected chi connectivity index (χ1v) is 15.3. The first-order valence-electron chi connectivity index (χ1n) is 14.9. The quantitative estimate of drug-likeness (QED) is 0.404. The van der Waals surface area contributed by atoms with Crippen molar-refractivity contribution in [1.82, 2.24) is 15.1 Å². The highest BCUT2D eigenvalue weighted by atomic mass is 35.5. The Kier molecular flexibility index (Phi) is 6.70. The first kappa shape index (κ1) is 25.5. The van der Waals surface area contributed by atoms with Crippen LogP contribution in [0.25, 0.3) is 0 Å². The molecule has 0 saturated heterocycles. The average Bonchev–Trinajstić information content (AvgIpc) is 3.47. The lowest BCUT2D eigenvalue weighted by Crippen LogP contribution is -2.52. The van der Waals surface area contributed by atoms with E-state index in [2.05, 4.69) is 42.9 Å². The van der Waals surface area contributed by atoms with E-state index in [0.29, 0.717) is 23.6 Å². The second kappa shape index (κ2) is 9.74. The zero-order valence-electron chi connectivity index (χ0n) is 23.0. The fourth-order valence-electron chi connectivity index (χ4n) is 8.77. The maximum atomic E-state index is 14.1. The third-order valence-electron chi connectivity index (χ3n) is 10.8. The molecule has 1 heterocycles. The van der Waals surface area contributed by atoms with E-state index in [-0.39, 0.29) is 22.8 Å². The SMILES string of the molecule is CC12CCC(C1)C(C)(C)[C@H]2NC(=O)c1nn(C2CCCCC2)c2c1CCCCC2Cc1ccccc1Cl. The summed E-state index contributed by atoms with van der Waals surface area (Å²) in [5, 5.41) is 9.65. The van der Waals surface area contributed by atoms with Crippen molar-refractivity contribution in [2.75, 3.05) is 0 Å². The van der Waals surface area contributed by atoms with Crippen molar-refractivity contribution in [2.45, 2.75) is 122 Å². The minimum absolute atomic E-state index is 0.0658. The number of rotatable bonds is 5. The Labute approximate surface area is 227 Å². The third kappa shape index (κ3) is 4.45. The summed E-state index contributed by atoms with van der Waals surface area (Å²) in [7, 11) is 0. The largest absolute Gasteiger partial charge is 0.347 e. The van der Waals surface area contributed by atoms with E-state index in [1.165, 1.54) is 74.6 Å². The average molecular weight is 522 g/mol. The molecule has 3 saturated carbocycles. The Hall–Kier alpha value is -1.81. The van der Waals surface area contributed by atoms with Crippen LogP contribution in [0.4, 0.5) is 0 Å². The van der Waals surface area contributed by atoms with Crippen LogP contribution in [0.3, 0.4) is 0 Å². The van der Waals surface area contributed by atoms with Crippen molar-refractivity contribution in [3.63, 3.8) is 0 Å². The number of aromatic nitrogens is 2. The first-order chi connectivity index (χ1) is 17.8. The number of amides is 1. The number of carbonyl (C=O) groups excluding carboxylic acids is 1. The Balaban J connectivity index is 1.38. The van der Waals surface area contributed by atoms with Crippen molar-refractivity contribution in [3.8, 4) is 0 Å². The molecule has 3 fully saturated rings. The number of nitrogens with zero attached hydrogens (tertiary/aromatic N) is 2. The fraction of sp³-hybridized carbons (Fsp3) is 0.688. The van der Waals surface area contributed by atoms with Crippen LogP contribution in [-0.4, -0.2) is 21.7 Å². The fourth-order valence-corrected chi connectivity index (χ4v) is 8.98. The molecule has 0 radical (unpaired) electrons. The van der Waals surface area contributed by atoms with Crippen LogP contribution < -0.4 is 5.32 Å². The molecule has 1 amide bonds. The summed E-state index contributed by atoms with van der Waals surface area (Å²) >= 11 is 6.63. The number of benzene rings is 1. The molecular weight excluding hydrogens is 478 g/mol. The lowest BCUT2D eigenvalue weighted by atomic mass is 9.68. The molecule has 37 heavy (non-hydrogen) atoms. The molecule has 0 spiro atoms. The van der Waals surface area contributed by atoms with Gasteiger partial charge in [0.1, 0.15) is 0 Å². The molecule has 0 aliphatic heterocycles. The molecular formula is C32H44ClN3O. The smallest absolute Gasteiger partial charge is 0.272 e. The van der Waals surface area contributed by atoms with Gasteiger partial charge in [0.25, 0.3) is 5.91 Å². The molecule has 1 N–H and O–H groups in total. The van der Waals surface area contributed by atoms with Gasteiger partial charge >= 0.3 is 0 Å². The number of fused-ring (bicyclic) bond motifs is 3. The van der Waals surface area contributed by atoms with Gasteiger partial charge in [0.2, 0.25) is 0 Å². The summed E-state index contributed by atoms with van der Waals surface area (Å²) in [6.07, 6.45) is 15.2. The van der Waals surface area contributed by atoms with Crippen molar-refractivity contribution in [3.05, 3.63) is 51.8 Å². The zero-order valence-corrected chi connectivity index (χ0v) is 23.7. The maximum Gasteiger partial charge on any atom is 0.272 e. The Bertz CT molecular complexity index is 1160. The third-order valence-corrected chi connectivity index (χ3v) is 11.1. The number of hydrogen-bond donors (Lipinski definition) is 1. The Morgan fingerprint density at radius 2 is 1.81 bits per heavy atom. The van der Waals surface area contributed by atoms with E-state index in [4.69, 9.17) is 16.7 Å². The lowest BCUT2D eigenvalue weighted by Gasteiger charge is -2.43. The molecule has 1 aromatic carbocycles. The molecule has 1 aromatic heterocycles. The summed E-state index contributed by atoms with van der Waals surface area (Å²) in [6, 6.07) is 8.90. The summed E-state index contributed by atoms with van der Waals surface area (Å²) < 4.78 is 2.34. The molecule has 4 atom stereocenters. The van der Waals surface area contributed by atoms with Gasteiger partial charge in [-0.15, -0.1) is 0 Å². The lowest BCUT2D eigenvalue weighted by molar-refractivity contribution is 0.0731. The number of halogens is 1. The topological polar surface area (TPSA) is 46.9 Å². The van der Waals surface area contributed by atoms with Crippen LogP contribution in [0.1, 0.15) is 131 Å². The Morgan fingerprint density at radius 1 is 1.05 bits per heavy atom. The molecule has 5 heteroatoms. The normalized spacial score (nSPS) is 31.2. The number of carbonyl (C=O) groups is 1. The number of nitrogens with one attached hydrogen (secondary N) is 1. The van der Waals surface area contributed by atoms with Crippen LogP contribution in [0.15, 0.2) is 24.3 Å². The van der Waals surface area contributed by atoms with Crippen LogP contribution in [0.2, 0.25) is 5.02 Å². The molecule has 2 aromatic rings. The molecule has 4 nitrogen and oxygen atoms in total. The van der Waals surface area contributed by atoms with E-state index in [9.17, 15) is 4.79 Å². The van der Waals surface area contributed by atoms with Crippen molar-refractivity contribution in [1.29, 1.82) is 0 Å². The molecule has 200 valence electrons. The van der Waals surface area contributed by atoms with Crippen molar-refractivity contribution in [2.24, 2.45) is 16.7 Å². The monoisotopic (exact) mass is 521 g/mol. The minimum atomic E-state index is 0.0658. The van der Waals surface area contributed by atoms with Crippen LogP contribution in [0, 0.1) is 16.7 Å². The second-order valence-electron chi connectivity index (χ2n) is 13.5.